The molecule has 2 aliphatic heterocycles. The van der Waals surface area contributed by atoms with E-state index >= 15 is 0 Å². The predicted octanol–water partition coefficient (Wildman–Crippen LogP) is 2.80. The maximum Gasteiger partial charge on any atom is 0.274 e. The molecule has 5 rings (SSSR count). The summed E-state index contributed by atoms with van der Waals surface area (Å²) in [7, 11) is 0. The molecule has 1 fully saturated rings. The van der Waals surface area contributed by atoms with Crippen LogP contribution in [0.5, 0.6) is 0 Å². The van der Waals surface area contributed by atoms with Gasteiger partial charge in [0.1, 0.15) is 11.4 Å². The quantitative estimate of drug-likeness (QED) is 0.499. The summed E-state index contributed by atoms with van der Waals surface area (Å²) in [5.74, 6) is -0.00557. The van der Waals surface area contributed by atoms with Crippen LogP contribution in [0.2, 0.25) is 0 Å². The Balaban J connectivity index is 1.51. The van der Waals surface area contributed by atoms with Crippen LogP contribution in [0.15, 0.2) is 77.4 Å². The van der Waals surface area contributed by atoms with Crippen LogP contribution < -0.4 is 16.0 Å². The van der Waals surface area contributed by atoms with E-state index in [2.05, 4.69) is 25.9 Å². The van der Waals surface area contributed by atoms with Crippen LogP contribution in [-0.2, 0) is 11.3 Å². The van der Waals surface area contributed by atoms with Crippen molar-refractivity contribution < 1.29 is 9.59 Å². The lowest BCUT2D eigenvalue weighted by molar-refractivity contribution is -0.115. The first kappa shape index (κ1) is 18.9. The van der Waals surface area contributed by atoms with E-state index in [0.29, 0.717) is 36.9 Å². The number of nitrogens with one attached hydrogen (secondary N) is 4. The zero-order valence-corrected chi connectivity index (χ0v) is 16.7. The van der Waals surface area contributed by atoms with Gasteiger partial charge >= 0.3 is 0 Å². The number of rotatable bonds is 3. The summed E-state index contributed by atoms with van der Waals surface area (Å²) in [4.78, 5) is 33.1. The molecule has 4 N–H and O–H groups in total. The Morgan fingerprint density at radius 2 is 1.61 bits per heavy atom. The first-order valence-electron chi connectivity index (χ1n) is 10.2. The van der Waals surface area contributed by atoms with Crippen LogP contribution in [0.4, 0.5) is 0 Å². The van der Waals surface area contributed by atoms with Crippen LogP contribution in [0.25, 0.3) is 16.8 Å². The van der Waals surface area contributed by atoms with Gasteiger partial charge in [-0.1, -0.05) is 60.7 Å². The fraction of sp³-hybridized carbons (Fsp3) is 0.125. The number of hydrogen-bond acceptors (Lipinski definition) is 3. The van der Waals surface area contributed by atoms with Crippen LogP contribution >= 0.6 is 0 Å². The molecule has 1 aromatic heterocycles. The molecule has 2 aliphatic rings. The minimum absolute atomic E-state index is 0.177. The Labute approximate surface area is 179 Å². The van der Waals surface area contributed by atoms with E-state index < -0.39 is 0 Å². The zero-order valence-electron chi connectivity index (χ0n) is 16.7. The number of guanidine groups is 1. The number of carbonyl (C=O) groups is 2. The summed E-state index contributed by atoms with van der Waals surface area (Å²) < 4.78 is 0. The molecule has 0 aliphatic carbocycles. The molecule has 2 amide bonds. The van der Waals surface area contributed by atoms with E-state index in [1.807, 2.05) is 66.7 Å². The third kappa shape index (κ3) is 3.73. The Hall–Kier alpha value is -4.13. The number of aromatic nitrogens is 1. The lowest BCUT2D eigenvalue weighted by Crippen LogP contribution is -2.25. The minimum Gasteiger partial charge on any atom is -0.350 e. The predicted molar refractivity (Wildman–Crippen MR) is 119 cm³/mol. The lowest BCUT2D eigenvalue weighted by Gasteiger charge is -2.07. The van der Waals surface area contributed by atoms with Crippen molar-refractivity contribution in [2.75, 3.05) is 6.54 Å². The molecule has 1 saturated heterocycles. The van der Waals surface area contributed by atoms with E-state index in [9.17, 15) is 9.59 Å². The second kappa shape index (κ2) is 7.95. The zero-order chi connectivity index (χ0) is 21.2. The SMILES string of the molecule is O=C1NC(=NCc2ccccc2)N/C1=C1/CCNC(=O)c2[nH]c(-c3ccccc3)cc21. The first-order chi connectivity index (χ1) is 15.2. The molecule has 0 atom stereocenters. The number of fused-ring (bicyclic) bond motifs is 1. The molecular weight excluding hydrogens is 390 g/mol. The van der Waals surface area contributed by atoms with Gasteiger partial charge in [0.2, 0.25) is 5.96 Å². The Kier molecular flexibility index (Phi) is 4.84. The third-order valence-electron chi connectivity index (χ3n) is 5.38. The molecule has 0 bridgehead atoms. The second-order valence-electron chi connectivity index (χ2n) is 7.43. The molecule has 2 aromatic carbocycles. The van der Waals surface area contributed by atoms with Gasteiger partial charge in [-0.05, 0) is 29.2 Å². The molecule has 3 aromatic rings. The van der Waals surface area contributed by atoms with Crippen LogP contribution in [0.1, 0.15) is 28.0 Å². The highest BCUT2D eigenvalue weighted by Gasteiger charge is 2.30. The molecule has 7 nitrogen and oxygen atoms in total. The smallest absolute Gasteiger partial charge is 0.274 e. The minimum atomic E-state index is -0.246. The van der Waals surface area contributed by atoms with Crippen molar-refractivity contribution in [2.24, 2.45) is 4.99 Å². The largest absolute Gasteiger partial charge is 0.350 e. The highest BCUT2D eigenvalue weighted by Crippen LogP contribution is 2.32. The van der Waals surface area contributed by atoms with Gasteiger partial charge in [0, 0.05) is 17.8 Å². The number of hydrogen-bond donors (Lipinski definition) is 4. The van der Waals surface area contributed by atoms with Crippen molar-refractivity contribution in [1.29, 1.82) is 0 Å². The first-order valence-corrected chi connectivity index (χ1v) is 10.2. The van der Waals surface area contributed by atoms with Crippen LogP contribution in [0, 0.1) is 0 Å². The van der Waals surface area contributed by atoms with E-state index in [-0.39, 0.29) is 11.8 Å². The van der Waals surface area contributed by atoms with E-state index in [1.165, 1.54) is 0 Å². The number of carbonyl (C=O) groups excluding carboxylic acids is 2. The van der Waals surface area contributed by atoms with Crippen molar-refractivity contribution in [3.8, 4) is 11.3 Å². The summed E-state index contributed by atoms with van der Waals surface area (Å²) in [6, 6.07) is 21.6. The third-order valence-corrected chi connectivity index (χ3v) is 5.38. The molecule has 0 spiro atoms. The van der Waals surface area contributed by atoms with E-state index in [4.69, 9.17) is 0 Å². The number of benzene rings is 2. The number of aliphatic imine (C=N–C) groups is 1. The molecule has 0 unspecified atom stereocenters. The van der Waals surface area contributed by atoms with Gasteiger partial charge in [0.25, 0.3) is 11.8 Å². The van der Waals surface area contributed by atoms with Gasteiger partial charge in [0.15, 0.2) is 0 Å². The fourth-order valence-corrected chi connectivity index (χ4v) is 3.85. The molecule has 154 valence electrons. The number of nitrogens with zero attached hydrogens (tertiary/aromatic N) is 1. The summed E-state index contributed by atoms with van der Waals surface area (Å²) in [6.45, 7) is 0.909. The van der Waals surface area contributed by atoms with Crippen LogP contribution in [-0.4, -0.2) is 29.3 Å². The van der Waals surface area contributed by atoms with Crippen molar-refractivity contribution >= 4 is 23.3 Å². The van der Waals surface area contributed by atoms with E-state index in [1.54, 1.807) is 0 Å². The molecule has 7 heteroatoms. The average molecular weight is 411 g/mol. The Morgan fingerprint density at radius 1 is 0.871 bits per heavy atom. The summed E-state index contributed by atoms with van der Waals surface area (Å²) >= 11 is 0. The van der Waals surface area contributed by atoms with Gasteiger partial charge in [-0.25, -0.2) is 4.99 Å². The van der Waals surface area contributed by atoms with Crippen molar-refractivity contribution in [1.82, 2.24) is 20.9 Å². The maximum atomic E-state index is 12.7. The van der Waals surface area contributed by atoms with Gasteiger partial charge in [0.05, 0.1) is 6.54 Å². The topological polar surface area (TPSA) is 98.4 Å². The normalized spacial score (nSPS) is 19.4. The van der Waals surface area contributed by atoms with Gasteiger partial charge in [-0.15, -0.1) is 0 Å². The van der Waals surface area contributed by atoms with Gasteiger partial charge in [-0.3, -0.25) is 14.9 Å². The number of H-pyrrole nitrogens is 1. The fourth-order valence-electron chi connectivity index (χ4n) is 3.85. The van der Waals surface area contributed by atoms with Crippen LogP contribution in [0.3, 0.4) is 0 Å². The monoisotopic (exact) mass is 411 g/mol. The standard InChI is InChI=1S/C24H21N5O2/c30-22-21-18(13-19(27-21)16-9-5-2-6-10-16)17(11-12-25-22)20-23(31)29-24(28-20)26-14-15-7-3-1-4-8-15/h1-10,13,27H,11-12,14H2,(H,25,30)(H2,26,28,29,31)/b20-17-. The molecule has 31 heavy (non-hydrogen) atoms. The lowest BCUT2D eigenvalue weighted by atomic mass is 10.0. The highest BCUT2D eigenvalue weighted by molar-refractivity contribution is 6.18. The van der Waals surface area contributed by atoms with Gasteiger partial charge < -0.3 is 15.6 Å². The van der Waals surface area contributed by atoms with Crippen molar-refractivity contribution in [3.05, 3.63) is 89.2 Å². The maximum absolute atomic E-state index is 12.7. The second-order valence-corrected chi connectivity index (χ2v) is 7.43. The van der Waals surface area contributed by atoms with E-state index in [0.717, 1.165) is 28.0 Å². The summed E-state index contributed by atoms with van der Waals surface area (Å²) in [6.07, 6.45) is 0.534. The van der Waals surface area contributed by atoms with Gasteiger partial charge in [-0.2, -0.15) is 0 Å². The molecule has 0 saturated carbocycles. The molecule has 0 radical (unpaired) electrons. The highest BCUT2D eigenvalue weighted by atomic mass is 16.2. The number of aromatic amines is 1. The summed E-state index contributed by atoms with van der Waals surface area (Å²) in [5.41, 5.74) is 5.27. The van der Waals surface area contributed by atoms with Crippen molar-refractivity contribution in [3.63, 3.8) is 0 Å². The Morgan fingerprint density at radius 3 is 2.39 bits per heavy atom. The summed E-state index contributed by atoms with van der Waals surface area (Å²) in [5, 5.41) is 8.83. The Bertz CT molecular complexity index is 1210. The molecule has 3 heterocycles. The van der Waals surface area contributed by atoms with Crippen molar-refractivity contribution in [2.45, 2.75) is 13.0 Å². The molecular formula is C24H21N5O2. The number of amides is 2. The average Bonchev–Trinajstić information content (AvgIpc) is 3.37.